The zero-order valence-electron chi connectivity index (χ0n) is 17.1. The number of carbonyl (C=O) groups excluding carboxylic acids is 2. The summed E-state index contributed by atoms with van der Waals surface area (Å²) in [5.41, 5.74) is 1.54. The number of carbonyl (C=O) groups is 2. The van der Waals surface area contributed by atoms with Crippen molar-refractivity contribution < 1.29 is 27.8 Å². The van der Waals surface area contributed by atoms with E-state index in [0.29, 0.717) is 41.5 Å². The van der Waals surface area contributed by atoms with Gasteiger partial charge in [-0.2, -0.15) is 5.10 Å². The number of nitrogens with zero attached hydrogens (tertiary/aromatic N) is 4. The Bertz CT molecular complexity index is 1510. The standard InChI is InChI=1S/C23H14F2N4O4/c1-11-19-20-14(10-26-21(19)29(27-11)13-2-4-15(24)16(25)8-13)22(30)28(23(20)31)12-3-5-17-18(9-12)33-7-6-32-17/h2-5,8-10H,6-7H2,1H3. The van der Waals surface area contributed by atoms with E-state index in [1.165, 1.54) is 16.9 Å². The second-order valence-corrected chi connectivity index (χ2v) is 7.61. The van der Waals surface area contributed by atoms with Crippen LogP contribution in [0.5, 0.6) is 11.5 Å². The molecule has 4 heterocycles. The van der Waals surface area contributed by atoms with Crippen LogP contribution in [0.1, 0.15) is 26.4 Å². The van der Waals surface area contributed by atoms with Crippen molar-refractivity contribution in [1.29, 1.82) is 0 Å². The van der Waals surface area contributed by atoms with Crippen LogP contribution in [0.15, 0.2) is 42.6 Å². The molecule has 0 bridgehead atoms. The number of aryl methyl sites for hydroxylation is 1. The van der Waals surface area contributed by atoms with Gasteiger partial charge >= 0.3 is 0 Å². The minimum atomic E-state index is -1.04. The Morgan fingerprint density at radius 3 is 2.45 bits per heavy atom. The van der Waals surface area contributed by atoms with E-state index >= 15 is 0 Å². The van der Waals surface area contributed by atoms with Crippen LogP contribution in [0.4, 0.5) is 14.5 Å². The first kappa shape index (κ1) is 19.4. The maximum absolute atomic E-state index is 13.8. The van der Waals surface area contributed by atoms with E-state index in [9.17, 15) is 18.4 Å². The van der Waals surface area contributed by atoms with Crippen molar-refractivity contribution >= 4 is 28.5 Å². The Kier molecular flexibility index (Phi) is 4.00. The Balaban J connectivity index is 1.49. The Labute approximate surface area is 185 Å². The number of amides is 2. The smallest absolute Gasteiger partial charge is 0.267 e. The predicted molar refractivity (Wildman–Crippen MR) is 112 cm³/mol. The summed E-state index contributed by atoms with van der Waals surface area (Å²) in [6, 6.07) is 8.17. The average Bonchev–Trinajstić information content (AvgIpc) is 3.29. The molecule has 2 amide bonds. The monoisotopic (exact) mass is 448 g/mol. The summed E-state index contributed by atoms with van der Waals surface area (Å²) < 4.78 is 39.6. The van der Waals surface area contributed by atoms with Gasteiger partial charge < -0.3 is 9.47 Å². The lowest BCUT2D eigenvalue weighted by Crippen LogP contribution is -2.29. The van der Waals surface area contributed by atoms with Crippen LogP contribution in [0, 0.1) is 18.6 Å². The Morgan fingerprint density at radius 1 is 0.909 bits per heavy atom. The lowest BCUT2D eigenvalue weighted by atomic mass is 10.1. The number of anilines is 1. The molecule has 0 saturated heterocycles. The molecular weight excluding hydrogens is 434 g/mol. The van der Waals surface area contributed by atoms with E-state index < -0.39 is 23.4 Å². The van der Waals surface area contributed by atoms with Crippen molar-refractivity contribution in [3.8, 4) is 17.2 Å². The molecule has 33 heavy (non-hydrogen) atoms. The number of hydrogen-bond acceptors (Lipinski definition) is 6. The summed E-state index contributed by atoms with van der Waals surface area (Å²) in [7, 11) is 0. The van der Waals surface area contributed by atoms with Crippen LogP contribution in [-0.4, -0.2) is 39.8 Å². The first-order valence-corrected chi connectivity index (χ1v) is 10.1. The first-order chi connectivity index (χ1) is 15.9. The second-order valence-electron chi connectivity index (χ2n) is 7.61. The lowest BCUT2D eigenvalue weighted by Gasteiger charge is -2.21. The number of halogens is 2. The average molecular weight is 448 g/mol. The van der Waals surface area contributed by atoms with Gasteiger partial charge in [-0.05, 0) is 31.2 Å². The second kappa shape index (κ2) is 6.83. The molecule has 0 atom stereocenters. The summed E-state index contributed by atoms with van der Waals surface area (Å²) >= 11 is 0. The quantitative estimate of drug-likeness (QED) is 0.436. The molecule has 0 N–H and O–H groups in total. The van der Waals surface area contributed by atoms with Crippen molar-refractivity contribution in [2.24, 2.45) is 0 Å². The Morgan fingerprint density at radius 2 is 1.67 bits per heavy atom. The van der Waals surface area contributed by atoms with Crippen molar-refractivity contribution in [3.63, 3.8) is 0 Å². The topological polar surface area (TPSA) is 86.6 Å². The summed E-state index contributed by atoms with van der Waals surface area (Å²) in [6.45, 7) is 2.45. The molecule has 2 aromatic heterocycles. The van der Waals surface area contributed by atoms with Gasteiger partial charge in [0.15, 0.2) is 28.8 Å². The minimum absolute atomic E-state index is 0.135. The van der Waals surface area contributed by atoms with Crippen LogP contribution in [-0.2, 0) is 0 Å². The largest absolute Gasteiger partial charge is 0.486 e. The van der Waals surface area contributed by atoms with Gasteiger partial charge in [0.05, 0.1) is 33.6 Å². The number of hydrogen-bond donors (Lipinski definition) is 0. The van der Waals surface area contributed by atoms with E-state index in [1.54, 1.807) is 25.1 Å². The van der Waals surface area contributed by atoms with Gasteiger partial charge in [-0.3, -0.25) is 9.59 Å². The molecule has 0 radical (unpaired) electrons. The highest BCUT2D eigenvalue weighted by atomic mass is 19.2. The number of pyridine rings is 1. The molecule has 2 aromatic carbocycles. The van der Waals surface area contributed by atoms with Crippen LogP contribution in [0.2, 0.25) is 0 Å². The molecule has 0 aliphatic carbocycles. The van der Waals surface area contributed by atoms with Crippen LogP contribution in [0.3, 0.4) is 0 Å². The highest BCUT2D eigenvalue weighted by Crippen LogP contribution is 2.38. The van der Waals surface area contributed by atoms with Crippen LogP contribution in [0.25, 0.3) is 16.7 Å². The third kappa shape index (κ3) is 2.73. The molecule has 0 saturated carbocycles. The lowest BCUT2D eigenvalue weighted by molar-refractivity contribution is 0.0926. The van der Waals surface area contributed by atoms with Gasteiger partial charge in [-0.25, -0.2) is 23.3 Å². The van der Waals surface area contributed by atoms with Crippen molar-refractivity contribution in [2.45, 2.75) is 6.92 Å². The number of fused-ring (bicyclic) bond motifs is 4. The highest BCUT2D eigenvalue weighted by Gasteiger charge is 2.40. The molecule has 164 valence electrons. The maximum atomic E-state index is 13.8. The molecule has 2 aliphatic heterocycles. The molecule has 0 fully saturated rings. The summed E-state index contributed by atoms with van der Waals surface area (Å²) in [5, 5.41) is 4.74. The summed E-state index contributed by atoms with van der Waals surface area (Å²) in [5.74, 6) is -2.11. The zero-order chi connectivity index (χ0) is 22.9. The third-order valence-corrected chi connectivity index (χ3v) is 5.65. The van der Waals surface area contributed by atoms with E-state index in [-0.39, 0.29) is 22.5 Å². The highest BCUT2D eigenvalue weighted by molar-refractivity contribution is 6.37. The van der Waals surface area contributed by atoms with Gasteiger partial charge in [-0.15, -0.1) is 0 Å². The third-order valence-electron chi connectivity index (χ3n) is 5.65. The van der Waals surface area contributed by atoms with E-state index in [4.69, 9.17) is 9.47 Å². The minimum Gasteiger partial charge on any atom is -0.486 e. The normalized spacial score (nSPS) is 14.8. The van der Waals surface area contributed by atoms with Gasteiger partial charge in [0, 0.05) is 18.3 Å². The summed E-state index contributed by atoms with van der Waals surface area (Å²) in [4.78, 5) is 32.0. The van der Waals surface area contributed by atoms with Gasteiger partial charge in [-0.1, -0.05) is 0 Å². The number of benzene rings is 2. The van der Waals surface area contributed by atoms with Crippen molar-refractivity contribution in [1.82, 2.24) is 14.8 Å². The molecule has 10 heteroatoms. The first-order valence-electron chi connectivity index (χ1n) is 10.1. The molecule has 6 rings (SSSR count). The van der Waals surface area contributed by atoms with Crippen molar-refractivity contribution in [3.05, 3.63) is 71.1 Å². The number of imide groups is 1. The maximum Gasteiger partial charge on any atom is 0.267 e. The molecule has 4 aromatic rings. The van der Waals surface area contributed by atoms with Crippen molar-refractivity contribution in [2.75, 3.05) is 18.1 Å². The van der Waals surface area contributed by atoms with Crippen LogP contribution >= 0.6 is 0 Å². The fourth-order valence-corrected chi connectivity index (χ4v) is 4.16. The molecule has 0 spiro atoms. The molecule has 2 aliphatic rings. The van der Waals surface area contributed by atoms with E-state index in [0.717, 1.165) is 17.0 Å². The molecule has 8 nitrogen and oxygen atoms in total. The summed E-state index contributed by atoms with van der Waals surface area (Å²) in [6.07, 6.45) is 1.30. The van der Waals surface area contributed by atoms with E-state index in [2.05, 4.69) is 10.1 Å². The van der Waals surface area contributed by atoms with E-state index in [1.807, 2.05) is 0 Å². The number of rotatable bonds is 2. The SMILES string of the molecule is Cc1nn(-c2ccc(F)c(F)c2)c2ncc3c(c12)C(=O)N(c1ccc2c(c1)OCCO2)C3=O. The molecular formula is C23H14F2N4O4. The Hall–Kier alpha value is -4.34. The van der Waals surface area contributed by atoms with Gasteiger partial charge in [0.2, 0.25) is 0 Å². The fourth-order valence-electron chi connectivity index (χ4n) is 4.16. The number of aromatic nitrogens is 3. The molecule has 0 unspecified atom stereocenters. The van der Waals surface area contributed by atoms with Gasteiger partial charge in [0.1, 0.15) is 13.2 Å². The predicted octanol–water partition coefficient (Wildman–Crippen LogP) is 3.58. The fraction of sp³-hybridized carbons (Fsp3) is 0.130. The van der Waals surface area contributed by atoms with Gasteiger partial charge in [0.25, 0.3) is 11.8 Å². The van der Waals surface area contributed by atoms with Crippen LogP contribution < -0.4 is 14.4 Å². The number of ether oxygens (including phenoxy) is 2. The zero-order valence-corrected chi connectivity index (χ0v) is 17.1.